The van der Waals surface area contributed by atoms with Crippen molar-refractivity contribution in [1.29, 1.82) is 0 Å². The molecule has 5 nitrogen and oxygen atoms in total. The molecule has 0 amide bonds. The first kappa shape index (κ1) is 12.4. The molecule has 1 aliphatic carbocycles. The SMILES string of the molecule is C#CCC[C@H]1[C@H](O)[C@H](O)[C@H](O)[C@@H](O)[C@@H]1O. The first-order valence-electron chi connectivity index (χ1n) is 4.84. The average molecular weight is 216 g/mol. The zero-order chi connectivity index (χ0) is 11.6. The van der Waals surface area contributed by atoms with Crippen LogP contribution >= 0.6 is 0 Å². The number of terminal acetylenes is 1. The number of aliphatic hydroxyl groups excluding tert-OH is 5. The molecule has 0 radical (unpaired) electrons. The second kappa shape index (κ2) is 4.92. The Morgan fingerprint density at radius 2 is 1.20 bits per heavy atom. The van der Waals surface area contributed by atoms with Crippen LogP contribution in [-0.4, -0.2) is 56.1 Å². The zero-order valence-corrected chi connectivity index (χ0v) is 8.19. The van der Waals surface area contributed by atoms with Gasteiger partial charge in [0.05, 0.1) is 12.2 Å². The molecule has 0 aromatic rings. The van der Waals surface area contributed by atoms with E-state index in [4.69, 9.17) is 6.42 Å². The van der Waals surface area contributed by atoms with Crippen LogP contribution in [0.5, 0.6) is 0 Å². The van der Waals surface area contributed by atoms with Gasteiger partial charge in [0, 0.05) is 12.3 Å². The second-order valence-corrected chi connectivity index (χ2v) is 3.86. The van der Waals surface area contributed by atoms with Gasteiger partial charge in [-0.2, -0.15) is 0 Å². The van der Waals surface area contributed by atoms with Gasteiger partial charge >= 0.3 is 0 Å². The molecule has 0 saturated heterocycles. The largest absolute Gasteiger partial charge is 0.390 e. The van der Waals surface area contributed by atoms with Crippen LogP contribution < -0.4 is 0 Å². The average Bonchev–Trinajstić information content (AvgIpc) is 2.24. The molecule has 0 spiro atoms. The highest BCUT2D eigenvalue weighted by Gasteiger charge is 2.47. The first-order valence-corrected chi connectivity index (χ1v) is 4.84. The molecule has 1 fully saturated rings. The summed E-state index contributed by atoms with van der Waals surface area (Å²) in [5, 5.41) is 47.2. The maximum atomic E-state index is 9.57. The molecule has 1 saturated carbocycles. The van der Waals surface area contributed by atoms with E-state index in [0.717, 1.165) is 0 Å². The molecule has 86 valence electrons. The minimum Gasteiger partial charge on any atom is -0.390 e. The summed E-state index contributed by atoms with van der Waals surface area (Å²) in [6.45, 7) is 0. The lowest BCUT2D eigenvalue weighted by Gasteiger charge is -2.41. The normalized spacial score (nSPS) is 46.1. The topological polar surface area (TPSA) is 101 Å². The maximum absolute atomic E-state index is 9.57. The summed E-state index contributed by atoms with van der Waals surface area (Å²) < 4.78 is 0. The lowest BCUT2D eigenvalue weighted by Crippen LogP contribution is -2.60. The predicted octanol–water partition coefficient (Wildman–Crippen LogP) is -2.17. The van der Waals surface area contributed by atoms with Crippen LogP contribution in [0.15, 0.2) is 0 Å². The Kier molecular flexibility index (Phi) is 4.08. The molecule has 0 bridgehead atoms. The van der Waals surface area contributed by atoms with Crippen LogP contribution in [0.2, 0.25) is 0 Å². The van der Waals surface area contributed by atoms with E-state index in [9.17, 15) is 25.5 Å². The molecular formula is C10H16O5. The fourth-order valence-corrected chi connectivity index (χ4v) is 1.91. The van der Waals surface area contributed by atoms with Crippen molar-refractivity contribution in [2.45, 2.75) is 43.4 Å². The van der Waals surface area contributed by atoms with Gasteiger partial charge in [-0.15, -0.1) is 12.3 Å². The molecule has 1 aliphatic rings. The minimum atomic E-state index is -1.53. The van der Waals surface area contributed by atoms with E-state index in [1.807, 2.05) is 0 Å². The Labute approximate surface area is 88.0 Å². The molecule has 1 rings (SSSR count). The van der Waals surface area contributed by atoms with Crippen LogP contribution in [-0.2, 0) is 0 Å². The Morgan fingerprint density at radius 3 is 1.60 bits per heavy atom. The molecule has 0 aromatic heterocycles. The smallest absolute Gasteiger partial charge is 0.111 e. The van der Waals surface area contributed by atoms with Crippen molar-refractivity contribution in [3.63, 3.8) is 0 Å². The van der Waals surface area contributed by atoms with E-state index in [1.54, 1.807) is 0 Å². The third-order valence-electron chi connectivity index (χ3n) is 2.90. The highest BCUT2D eigenvalue weighted by atomic mass is 16.4. The third-order valence-corrected chi connectivity index (χ3v) is 2.90. The molecule has 5 heteroatoms. The van der Waals surface area contributed by atoms with Gasteiger partial charge in [-0.3, -0.25) is 0 Å². The standard InChI is InChI=1S/C10H16O5/c1-2-3-4-5-6(11)8(13)10(15)9(14)7(5)12/h1,5-15H,3-4H2/t5-,6-,7+,8-,9-,10-/m0/s1. The Morgan fingerprint density at radius 1 is 0.800 bits per heavy atom. The van der Waals surface area contributed by atoms with Gasteiger partial charge in [0.15, 0.2) is 0 Å². The van der Waals surface area contributed by atoms with Crippen molar-refractivity contribution in [3.8, 4) is 12.3 Å². The Bertz CT molecular complexity index is 233. The van der Waals surface area contributed by atoms with E-state index < -0.39 is 36.4 Å². The van der Waals surface area contributed by atoms with Crippen molar-refractivity contribution in [3.05, 3.63) is 0 Å². The van der Waals surface area contributed by atoms with Gasteiger partial charge in [0.2, 0.25) is 0 Å². The summed E-state index contributed by atoms with van der Waals surface area (Å²) in [5.74, 6) is 1.64. The van der Waals surface area contributed by atoms with Crippen molar-refractivity contribution in [1.82, 2.24) is 0 Å². The lowest BCUT2D eigenvalue weighted by atomic mass is 9.76. The second-order valence-electron chi connectivity index (χ2n) is 3.86. The number of rotatable bonds is 2. The van der Waals surface area contributed by atoms with Gasteiger partial charge in [-0.05, 0) is 6.42 Å². The highest BCUT2D eigenvalue weighted by molar-refractivity contribution is 4.99. The van der Waals surface area contributed by atoms with Crippen molar-refractivity contribution in [2.75, 3.05) is 0 Å². The van der Waals surface area contributed by atoms with Gasteiger partial charge in [0.1, 0.15) is 18.3 Å². The zero-order valence-electron chi connectivity index (χ0n) is 8.19. The number of hydrogen-bond donors (Lipinski definition) is 5. The monoisotopic (exact) mass is 216 g/mol. The fourth-order valence-electron chi connectivity index (χ4n) is 1.91. The van der Waals surface area contributed by atoms with E-state index in [-0.39, 0.29) is 0 Å². The van der Waals surface area contributed by atoms with E-state index in [2.05, 4.69) is 5.92 Å². The summed E-state index contributed by atoms with van der Waals surface area (Å²) in [5.41, 5.74) is 0. The Hall–Kier alpha value is -0.640. The van der Waals surface area contributed by atoms with Crippen LogP contribution in [0, 0.1) is 18.3 Å². The van der Waals surface area contributed by atoms with E-state index in [0.29, 0.717) is 12.8 Å². The molecule has 6 atom stereocenters. The third kappa shape index (κ3) is 2.30. The van der Waals surface area contributed by atoms with Gasteiger partial charge in [0.25, 0.3) is 0 Å². The Balaban J connectivity index is 2.73. The molecule has 0 aliphatic heterocycles. The van der Waals surface area contributed by atoms with Crippen molar-refractivity contribution < 1.29 is 25.5 Å². The summed E-state index contributed by atoms with van der Waals surface area (Å²) in [7, 11) is 0. The van der Waals surface area contributed by atoms with Crippen LogP contribution in [0.1, 0.15) is 12.8 Å². The number of hydrogen-bond acceptors (Lipinski definition) is 5. The molecular weight excluding hydrogens is 200 g/mol. The molecule has 0 unspecified atom stereocenters. The summed E-state index contributed by atoms with van der Waals surface area (Å²) in [6.07, 6.45) is -1.31. The quantitative estimate of drug-likeness (QED) is 0.338. The van der Waals surface area contributed by atoms with Crippen LogP contribution in [0.3, 0.4) is 0 Å². The van der Waals surface area contributed by atoms with Crippen molar-refractivity contribution >= 4 is 0 Å². The molecule has 0 heterocycles. The molecule has 0 aromatic carbocycles. The van der Waals surface area contributed by atoms with Crippen LogP contribution in [0.4, 0.5) is 0 Å². The summed E-state index contributed by atoms with van der Waals surface area (Å²) in [4.78, 5) is 0. The van der Waals surface area contributed by atoms with Gasteiger partial charge in [-0.1, -0.05) is 0 Å². The molecule has 15 heavy (non-hydrogen) atoms. The van der Waals surface area contributed by atoms with E-state index >= 15 is 0 Å². The van der Waals surface area contributed by atoms with Gasteiger partial charge in [-0.25, -0.2) is 0 Å². The highest BCUT2D eigenvalue weighted by Crippen LogP contribution is 2.29. The minimum absolute atomic E-state index is 0.291. The number of aliphatic hydroxyl groups is 5. The maximum Gasteiger partial charge on any atom is 0.111 e. The predicted molar refractivity (Wildman–Crippen MR) is 51.6 cm³/mol. The van der Waals surface area contributed by atoms with Crippen molar-refractivity contribution in [2.24, 2.45) is 5.92 Å². The van der Waals surface area contributed by atoms with Crippen LogP contribution in [0.25, 0.3) is 0 Å². The van der Waals surface area contributed by atoms with E-state index in [1.165, 1.54) is 0 Å². The first-order chi connectivity index (χ1) is 7.00. The molecule has 5 N–H and O–H groups in total. The summed E-state index contributed by atoms with van der Waals surface area (Å²) in [6, 6.07) is 0. The van der Waals surface area contributed by atoms with Gasteiger partial charge < -0.3 is 25.5 Å². The summed E-state index contributed by atoms with van der Waals surface area (Å²) >= 11 is 0. The fraction of sp³-hybridized carbons (Fsp3) is 0.800. The lowest BCUT2D eigenvalue weighted by molar-refractivity contribution is -0.204.